The number of rotatable bonds is 8. The van der Waals surface area contributed by atoms with Crippen LogP contribution in [0.2, 0.25) is 0 Å². The molecule has 0 heterocycles. The van der Waals surface area contributed by atoms with Gasteiger partial charge in [-0.25, -0.2) is 13.1 Å². The van der Waals surface area contributed by atoms with Crippen molar-refractivity contribution in [3.63, 3.8) is 0 Å². The monoisotopic (exact) mass is 299 g/mol. The molecule has 0 saturated heterocycles. The predicted octanol–water partition coefficient (Wildman–Crippen LogP) is 1.77. The Bertz CT molecular complexity index is 498. The number of hydrogen-bond donors (Lipinski definition) is 3. The van der Waals surface area contributed by atoms with Crippen molar-refractivity contribution in [2.75, 3.05) is 18.4 Å². The standard InChI is InChI=1S/C14H25N3O2S/c1-4-9-16-20(18,19)13-7-5-12(6-8-13)17-14(10-15)11(2)3/h5-8,11,14,16-17H,4,9-10,15H2,1-3H3. The Kier molecular flexibility index (Phi) is 6.45. The van der Waals surface area contributed by atoms with E-state index in [0.29, 0.717) is 19.0 Å². The summed E-state index contributed by atoms with van der Waals surface area (Å²) >= 11 is 0. The van der Waals surface area contributed by atoms with E-state index in [2.05, 4.69) is 23.9 Å². The van der Waals surface area contributed by atoms with E-state index in [1.165, 1.54) is 0 Å². The molecule has 0 saturated carbocycles. The van der Waals surface area contributed by atoms with Crippen LogP contribution in [0.25, 0.3) is 0 Å². The van der Waals surface area contributed by atoms with Crippen LogP contribution in [0.1, 0.15) is 27.2 Å². The number of sulfonamides is 1. The maximum absolute atomic E-state index is 11.9. The molecule has 0 aromatic heterocycles. The van der Waals surface area contributed by atoms with Crippen molar-refractivity contribution in [1.82, 2.24) is 4.72 Å². The highest BCUT2D eigenvalue weighted by atomic mass is 32.2. The van der Waals surface area contributed by atoms with Crippen LogP contribution in [0.15, 0.2) is 29.2 Å². The number of hydrogen-bond acceptors (Lipinski definition) is 4. The second kappa shape index (κ2) is 7.61. The fraction of sp³-hybridized carbons (Fsp3) is 0.571. The summed E-state index contributed by atoms with van der Waals surface area (Å²) in [5.74, 6) is 0.412. The maximum atomic E-state index is 11.9. The van der Waals surface area contributed by atoms with Gasteiger partial charge in [-0.2, -0.15) is 0 Å². The zero-order chi connectivity index (χ0) is 15.2. The first-order valence-electron chi connectivity index (χ1n) is 6.97. The van der Waals surface area contributed by atoms with Gasteiger partial charge in [-0.1, -0.05) is 20.8 Å². The van der Waals surface area contributed by atoms with Crippen LogP contribution in [-0.4, -0.2) is 27.5 Å². The van der Waals surface area contributed by atoms with Crippen LogP contribution in [-0.2, 0) is 10.0 Å². The molecule has 1 atom stereocenters. The zero-order valence-electron chi connectivity index (χ0n) is 12.4. The molecule has 1 rings (SSSR count). The van der Waals surface area contributed by atoms with E-state index in [0.717, 1.165) is 12.1 Å². The van der Waals surface area contributed by atoms with Gasteiger partial charge in [0.25, 0.3) is 0 Å². The molecule has 0 aliphatic carbocycles. The highest BCUT2D eigenvalue weighted by molar-refractivity contribution is 7.89. The normalized spacial score (nSPS) is 13.4. The Hall–Kier alpha value is -1.11. The van der Waals surface area contributed by atoms with Crippen LogP contribution in [0.4, 0.5) is 5.69 Å². The molecule has 1 aromatic carbocycles. The first kappa shape index (κ1) is 16.9. The Balaban J connectivity index is 2.78. The van der Waals surface area contributed by atoms with E-state index in [4.69, 9.17) is 5.73 Å². The molecule has 0 amide bonds. The summed E-state index contributed by atoms with van der Waals surface area (Å²) in [7, 11) is -3.39. The van der Waals surface area contributed by atoms with Gasteiger partial charge in [0.05, 0.1) is 4.90 Å². The second-order valence-corrected chi connectivity index (χ2v) is 6.92. The molecular weight excluding hydrogens is 274 g/mol. The van der Waals surface area contributed by atoms with E-state index in [9.17, 15) is 8.42 Å². The van der Waals surface area contributed by atoms with Crippen molar-refractivity contribution in [2.24, 2.45) is 11.7 Å². The van der Waals surface area contributed by atoms with Crippen molar-refractivity contribution >= 4 is 15.7 Å². The molecule has 1 aromatic rings. The molecular formula is C14H25N3O2S. The lowest BCUT2D eigenvalue weighted by molar-refractivity contribution is 0.531. The SMILES string of the molecule is CCCNS(=O)(=O)c1ccc(NC(CN)C(C)C)cc1. The number of nitrogens with one attached hydrogen (secondary N) is 2. The van der Waals surface area contributed by atoms with Gasteiger partial charge < -0.3 is 11.1 Å². The van der Waals surface area contributed by atoms with E-state index >= 15 is 0 Å². The van der Waals surface area contributed by atoms with Crippen LogP contribution in [0, 0.1) is 5.92 Å². The number of anilines is 1. The molecule has 5 nitrogen and oxygen atoms in total. The molecule has 114 valence electrons. The summed E-state index contributed by atoms with van der Waals surface area (Å²) in [5, 5.41) is 3.31. The number of nitrogens with two attached hydrogens (primary N) is 1. The first-order chi connectivity index (χ1) is 9.40. The van der Waals surface area contributed by atoms with Gasteiger partial charge in [0, 0.05) is 24.8 Å². The summed E-state index contributed by atoms with van der Waals surface area (Å²) in [4.78, 5) is 0.283. The Labute approximate surface area is 122 Å². The molecule has 1 unspecified atom stereocenters. The minimum absolute atomic E-state index is 0.177. The molecule has 4 N–H and O–H groups in total. The molecule has 0 fully saturated rings. The van der Waals surface area contributed by atoms with Crippen molar-refractivity contribution in [2.45, 2.75) is 38.1 Å². The van der Waals surface area contributed by atoms with Gasteiger partial charge in [-0.15, -0.1) is 0 Å². The van der Waals surface area contributed by atoms with Gasteiger partial charge in [-0.05, 0) is 36.6 Å². The lowest BCUT2D eigenvalue weighted by Crippen LogP contribution is -2.33. The maximum Gasteiger partial charge on any atom is 0.240 e. The first-order valence-corrected chi connectivity index (χ1v) is 8.45. The fourth-order valence-electron chi connectivity index (χ4n) is 1.76. The van der Waals surface area contributed by atoms with E-state index in [1.807, 2.05) is 6.92 Å². The largest absolute Gasteiger partial charge is 0.381 e. The summed E-state index contributed by atoms with van der Waals surface area (Å²) in [5.41, 5.74) is 6.59. The van der Waals surface area contributed by atoms with Gasteiger partial charge in [0.15, 0.2) is 0 Å². The summed E-state index contributed by atoms with van der Waals surface area (Å²) in [6.45, 7) is 7.10. The Morgan fingerprint density at radius 1 is 1.20 bits per heavy atom. The van der Waals surface area contributed by atoms with Crippen LogP contribution in [0.3, 0.4) is 0 Å². The molecule has 0 spiro atoms. The van der Waals surface area contributed by atoms with Gasteiger partial charge >= 0.3 is 0 Å². The van der Waals surface area contributed by atoms with Crippen LogP contribution >= 0.6 is 0 Å². The molecule has 0 aliphatic heterocycles. The molecule has 20 heavy (non-hydrogen) atoms. The third kappa shape index (κ3) is 4.77. The summed E-state index contributed by atoms with van der Waals surface area (Å²) in [6.07, 6.45) is 0.769. The average Bonchev–Trinajstić information content (AvgIpc) is 2.42. The minimum Gasteiger partial charge on any atom is -0.381 e. The molecule has 0 aliphatic rings. The highest BCUT2D eigenvalue weighted by Gasteiger charge is 2.14. The average molecular weight is 299 g/mol. The third-order valence-corrected chi connectivity index (χ3v) is 4.59. The third-order valence-electron chi connectivity index (χ3n) is 3.12. The highest BCUT2D eigenvalue weighted by Crippen LogP contribution is 2.16. The molecule has 0 radical (unpaired) electrons. The van der Waals surface area contributed by atoms with Crippen molar-refractivity contribution < 1.29 is 8.42 Å². The van der Waals surface area contributed by atoms with Gasteiger partial charge in [-0.3, -0.25) is 0 Å². The van der Waals surface area contributed by atoms with E-state index < -0.39 is 10.0 Å². The topological polar surface area (TPSA) is 84.2 Å². The summed E-state index contributed by atoms with van der Waals surface area (Å²) < 4.78 is 26.4. The van der Waals surface area contributed by atoms with Crippen LogP contribution < -0.4 is 15.8 Å². The fourth-order valence-corrected chi connectivity index (χ4v) is 2.90. The van der Waals surface area contributed by atoms with Crippen LogP contribution in [0.5, 0.6) is 0 Å². The van der Waals surface area contributed by atoms with Gasteiger partial charge in [0.2, 0.25) is 10.0 Å². The summed E-state index contributed by atoms with van der Waals surface area (Å²) in [6, 6.07) is 6.93. The number of benzene rings is 1. The Morgan fingerprint density at radius 2 is 1.80 bits per heavy atom. The lowest BCUT2D eigenvalue weighted by atomic mass is 10.0. The lowest BCUT2D eigenvalue weighted by Gasteiger charge is -2.21. The van der Waals surface area contributed by atoms with Crippen molar-refractivity contribution in [3.05, 3.63) is 24.3 Å². The van der Waals surface area contributed by atoms with E-state index in [-0.39, 0.29) is 10.9 Å². The van der Waals surface area contributed by atoms with E-state index in [1.54, 1.807) is 24.3 Å². The van der Waals surface area contributed by atoms with Gasteiger partial charge in [0.1, 0.15) is 0 Å². The molecule has 0 bridgehead atoms. The zero-order valence-corrected chi connectivity index (χ0v) is 13.2. The Morgan fingerprint density at radius 3 is 2.25 bits per heavy atom. The quantitative estimate of drug-likeness (QED) is 0.683. The second-order valence-electron chi connectivity index (χ2n) is 5.15. The molecule has 6 heteroatoms. The van der Waals surface area contributed by atoms with Crippen molar-refractivity contribution in [1.29, 1.82) is 0 Å². The predicted molar refractivity (Wildman–Crippen MR) is 83.2 cm³/mol. The smallest absolute Gasteiger partial charge is 0.240 e. The van der Waals surface area contributed by atoms with Crippen molar-refractivity contribution in [3.8, 4) is 0 Å². The minimum atomic E-state index is -3.39.